The molecule has 2 heterocycles. The monoisotopic (exact) mass is 380 g/mol. The van der Waals surface area contributed by atoms with Gasteiger partial charge in [-0.15, -0.1) is 0 Å². The lowest BCUT2D eigenvalue weighted by atomic mass is 10.1. The largest absolute Gasteiger partial charge is 0.462 e. The van der Waals surface area contributed by atoms with E-state index in [0.717, 1.165) is 11.4 Å². The number of rotatable bonds is 7. The van der Waals surface area contributed by atoms with Crippen molar-refractivity contribution < 1.29 is 19.1 Å². The van der Waals surface area contributed by atoms with Crippen molar-refractivity contribution in [3.8, 4) is 0 Å². The molecule has 0 unspecified atom stereocenters. The minimum Gasteiger partial charge on any atom is -0.462 e. The number of carbonyl (C=O) groups is 3. The van der Waals surface area contributed by atoms with E-state index in [0.29, 0.717) is 42.1 Å². The summed E-state index contributed by atoms with van der Waals surface area (Å²) in [6.45, 7) is 4.59. The molecule has 2 aliphatic rings. The van der Waals surface area contributed by atoms with Gasteiger partial charge in [0.15, 0.2) is 0 Å². The Bertz CT molecular complexity index is 920. The molecule has 0 spiro atoms. The van der Waals surface area contributed by atoms with Crippen LogP contribution in [-0.4, -0.2) is 40.4 Å². The van der Waals surface area contributed by atoms with Crippen LogP contribution in [-0.2, 0) is 4.74 Å². The summed E-state index contributed by atoms with van der Waals surface area (Å²) in [5.74, 6) is -0.795. The van der Waals surface area contributed by atoms with Crippen LogP contribution in [0, 0.1) is 13.8 Å². The Hall–Kier alpha value is -2.89. The van der Waals surface area contributed by atoms with Crippen LogP contribution in [0.1, 0.15) is 74.2 Å². The molecule has 6 heteroatoms. The molecule has 4 rings (SSSR count). The number of amides is 2. The molecule has 28 heavy (non-hydrogen) atoms. The number of nitrogens with zero attached hydrogens (tertiary/aromatic N) is 2. The predicted octanol–water partition coefficient (Wildman–Crippen LogP) is 3.67. The number of hydrogen-bond donors (Lipinski definition) is 0. The van der Waals surface area contributed by atoms with Gasteiger partial charge in [0.2, 0.25) is 0 Å². The first-order valence-electron chi connectivity index (χ1n) is 9.80. The third kappa shape index (κ3) is 3.23. The fourth-order valence-electron chi connectivity index (χ4n) is 3.94. The Balaban J connectivity index is 1.26. The first-order valence-corrected chi connectivity index (χ1v) is 9.80. The number of esters is 1. The molecular formula is C22H24N2O4. The highest BCUT2D eigenvalue weighted by Crippen LogP contribution is 2.38. The molecule has 1 aliphatic heterocycles. The van der Waals surface area contributed by atoms with Crippen LogP contribution in [0.25, 0.3) is 0 Å². The fourth-order valence-corrected chi connectivity index (χ4v) is 3.94. The zero-order valence-corrected chi connectivity index (χ0v) is 16.2. The molecule has 2 aromatic rings. The molecule has 146 valence electrons. The number of carbonyl (C=O) groups excluding carboxylic acids is 3. The third-order valence-corrected chi connectivity index (χ3v) is 5.50. The maximum Gasteiger partial charge on any atom is 0.339 e. The van der Waals surface area contributed by atoms with Crippen molar-refractivity contribution in [3.63, 3.8) is 0 Å². The van der Waals surface area contributed by atoms with Crippen LogP contribution in [0.2, 0.25) is 0 Å². The van der Waals surface area contributed by atoms with E-state index in [-0.39, 0.29) is 24.4 Å². The van der Waals surface area contributed by atoms with Crippen molar-refractivity contribution in [2.75, 3.05) is 13.2 Å². The Morgan fingerprint density at radius 3 is 2.32 bits per heavy atom. The van der Waals surface area contributed by atoms with Crippen molar-refractivity contribution >= 4 is 17.8 Å². The minimum absolute atomic E-state index is 0.245. The van der Waals surface area contributed by atoms with Gasteiger partial charge in [-0.25, -0.2) is 4.79 Å². The maximum atomic E-state index is 12.4. The van der Waals surface area contributed by atoms with Crippen LogP contribution in [0.15, 0.2) is 30.3 Å². The van der Waals surface area contributed by atoms with Crippen LogP contribution in [0.3, 0.4) is 0 Å². The van der Waals surface area contributed by atoms with Crippen LogP contribution < -0.4 is 0 Å². The Morgan fingerprint density at radius 2 is 1.71 bits per heavy atom. The van der Waals surface area contributed by atoms with E-state index >= 15 is 0 Å². The Morgan fingerprint density at radius 1 is 1.07 bits per heavy atom. The van der Waals surface area contributed by atoms with Gasteiger partial charge < -0.3 is 9.30 Å². The molecule has 2 amide bonds. The maximum absolute atomic E-state index is 12.4. The lowest BCUT2D eigenvalue weighted by Crippen LogP contribution is -2.30. The summed E-state index contributed by atoms with van der Waals surface area (Å²) in [5, 5.41) is 0. The Labute approximate surface area is 164 Å². The van der Waals surface area contributed by atoms with Gasteiger partial charge in [-0.3, -0.25) is 14.5 Å². The summed E-state index contributed by atoms with van der Waals surface area (Å²) >= 11 is 0. The summed E-state index contributed by atoms with van der Waals surface area (Å²) < 4.78 is 7.64. The van der Waals surface area contributed by atoms with Crippen molar-refractivity contribution in [2.24, 2.45) is 0 Å². The predicted molar refractivity (Wildman–Crippen MR) is 104 cm³/mol. The molecule has 6 nitrogen and oxygen atoms in total. The van der Waals surface area contributed by atoms with E-state index in [9.17, 15) is 14.4 Å². The van der Waals surface area contributed by atoms with Gasteiger partial charge >= 0.3 is 5.97 Å². The molecule has 0 radical (unpaired) electrons. The summed E-state index contributed by atoms with van der Waals surface area (Å²) in [6, 6.07) is 9.29. The lowest BCUT2D eigenvalue weighted by Gasteiger charge is -2.13. The van der Waals surface area contributed by atoms with Crippen molar-refractivity contribution in [1.29, 1.82) is 0 Å². The minimum atomic E-state index is -0.305. The molecule has 0 atom stereocenters. The zero-order valence-electron chi connectivity index (χ0n) is 16.2. The summed E-state index contributed by atoms with van der Waals surface area (Å²) in [5.41, 5.74) is 3.62. The number of fused-ring (bicyclic) bond motifs is 1. The zero-order chi connectivity index (χ0) is 19.8. The molecule has 0 bridgehead atoms. The molecular weight excluding hydrogens is 356 g/mol. The molecule has 1 aromatic carbocycles. The topological polar surface area (TPSA) is 68.6 Å². The second-order valence-corrected chi connectivity index (χ2v) is 7.54. The van der Waals surface area contributed by atoms with Crippen LogP contribution in [0.5, 0.6) is 0 Å². The van der Waals surface area contributed by atoms with Gasteiger partial charge in [0.05, 0.1) is 23.3 Å². The summed E-state index contributed by atoms with van der Waals surface area (Å²) in [6.07, 6.45) is 3.53. The van der Waals surface area contributed by atoms with Gasteiger partial charge in [-0.05, 0) is 57.7 Å². The van der Waals surface area contributed by atoms with Crippen LogP contribution >= 0.6 is 0 Å². The molecule has 1 aliphatic carbocycles. The normalized spacial score (nSPS) is 15.9. The van der Waals surface area contributed by atoms with Gasteiger partial charge in [0.1, 0.15) is 0 Å². The van der Waals surface area contributed by atoms with E-state index in [1.165, 1.54) is 17.7 Å². The molecule has 1 saturated carbocycles. The van der Waals surface area contributed by atoms with Crippen molar-refractivity contribution in [2.45, 2.75) is 45.6 Å². The number of ether oxygens (including phenoxy) is 1. The second kappa shape index (κ2) is 7.26. The van der Waals surface area contributed by atoms with Gasteiger partial charge in [0, 0.05) is 24.0 Å². The van der Waals surface area contributed by atoms with Crippen molar-refractivity contribution in [3.05, 3.63) is 58.4 Å². The van der Waals surface area contributed by atoms with E-state index in [4.69, 9.17) is 4.74 Å². The standard InChI is InChI=1S/C22H24N2O4/c1-14-13-19(15(2)24(14)16-9-10-16)22(27)28-12-6-5-11-23-20(25)17-7-3-4-8-18(17)21(23)26/h3-4,7-8,13,16H,5-6,9-12H2,1-2H3. The van der Waals surface area contributed by atoms with Gasteiger partial charge in [-0.2, -0.15) is 0 Å². The first-order chi connectivity index (χ1) is 13.5. The lowest BCUT2D eigenvalue weighted by molar-refractivity contribution is 0.0484. The summed E-state index contributed by atoms with van der Waals surface area (Å²) in [7, 11) is 0. The molecule has 1 fully saturated rings. The quantitative estimate of drug-likeness (QED) is 0.417. The SMILES string of the molecule is Cc1cc(C(=O)OCCCCN2C(=O)c3ccccc3C2=O)c(C)n1C1CC1. The highest BCUT2D eigenvalue weighted by molar-refractivity contribution is 6.21. The fraction of sp³-hybridized carbons (Fsp3) is 0.409. The number of aryl methyl sites for hydroxylation is 1. The first kappa shape index (κ1) is 18.5. The van der Waals surface area contributed by atoms with E-state index in [1.807, 2.05) is 19.9 Å². The molecule has 1 aromatic heterocycles. The summed E-state index contributed by atoms with van der Waals surface area (Å²) in [4.78, 5) is 38.3. The van der Waals surface area contributed by atoms with Gasteiger partial charge in [0.25, 0.3) is 11.8 Å². The highest BCUT2D eigenvalue weighted by Gasteiger charge is 2.34. The number of aromatic nitrogens is 1. The average Bonchev–Trinajstić information content (AvgIpc) is 3.43. The van der Waals surface area contributed by atoms with Crippen molar-refractivity contribution in [1.82, 2.24) is 9.47 Å². The van der Waals surface area contributed by atoms with E-state index in [1.54, 1.807) is 24.3 Å². The van der Waals surface area contributed by atoms with Crippen LogP contribution in [0.4, 0.5) is 0 Å². The highest BCUT2D eigenvalue weighted by atomic mass is 16.5. The number of hydrogen-bond acceptors (Lipinski definition) is 4. The molecule has 0 saturated heterocycles. The van der Waals surface area contributed by atoms with E-state index in [2.05, 4.69) is 4.57 Å². The van der Waals surface area contributed by atoms with E-state index < -0.39 is 0 Å². The third-order valence-electron chi connectivity index (χ3n) is 5.50. The number of unbranched alkanes of at least 4 members (excludes halogenated alkanes) is 1. The smallest absolute Gasteiger partial charge is 0.339 e. The Kier molecular flexibility index (Phi) is 4.79. The molecule has 0 N–H and O–H groups in total. The average molecular weight is 380 g/mol. The second-order valence-electron chi connectivity index (χ2n) is 7.54. The number of benzene rings is 1. The van der Waals surface area contributed by atoms with Gasteiger partial charge in [-0.1, -0.05) is 12.1 Å². The number of imide groups is 1.